The van der Waals surface area contributed by atoms with E-state index in [0.29, 0.717) is 0 Å². The van der Waals surface area contributed by atoms with Crippen molar-refractivity contribution < 1.29 is 5.11 Å². The number of benzene rings is 2. The van der Waals surface area contributed by atoms with Crippen LogP contribution < -0.4 is 0 Å². The molecule has 90 valence electrons. The molecule has 0 unspecified atom stereocenters. The third-order valence-electron chi connectivity index (χ3n) is 3.10. The summed E-state index contributed by atoms with van der Waals surface area (Å²) in [5.41, 5.74) is 3.00. The summed E-state index contributed by atoms with van der Waals surface area (Å²) >= 11 is 0. The van der Waals surface area contributed by atoms with Crippen LogP contribution in [0.15, 0.2) is 54.7 Å². The van der Waals surface area contributed by atoms with Gasteiger partial charge in [-0.2, -0.15) is 5.10 Å². The summed E-state index contributed by atoms with van der Waals surface area (Å²) < 4.78 is 1.90. The lowest BCUT2D eigenvalue weighted by Gasteiger charge is -2.07. The number of aliphatic hydroxyl groups is 1. The number of para-hydroxylation sites is 1. The predicted octanol–water partition coefficient (Wildman–Crippen LogP) is 3.08. The average Bonchev–Trinajstić information content (AvgIpc) is 2.82. The fourth-order valence-electron chi connectivity index (χ4n) is 2.07. The Morgan fingerprint density at radius 2 is 1.78 bits per heavy atom. The van der Waals surface area contributed by atoms with Crippen molar-refractivity contribution in [2.24, 2.45) is 0 Å². The molecule has 0 aliphatic heterocycles. The molecule has 3 heteroatoms. The molecule has 1 atom stereocenters. The van der Waals surface area contributed by atoms with E-state index in [4.69, 9.17) is 0 Å². The normalized spacial score (nSPS) is 12.8. The van der Waals surface area contributed by atoms with Crippen molar-refractivity contribution in [2.45, 2.75) is 13.0 Å². The highest BCUT2D eigenvalue weighted by Crippen LogP contribution is 2.19. The molecule has 3 nitrogen and oxygen atoms in total. The molecule has 0 aliphatic rings. The molecule has 1 heterocycles. The first-order valence-electron chi connectivity index (χ1n) is 5.97. The van der Waals surface area contributed by atoms with Gasteiger partial charge in [-0.1, -0.05) is 30.3 Å². The Labute approximate surface area is 105 Å². The lowest BCUT2D eigenvalue weighted by Crippen LogP contribution is -1.97. The van der Waals surface area contributed by atoms with E-state index in [1.165, 1.54) is 0 Å². The summed E-state index contributed by atoms with van der Waals surface area (Å²) in [6, 6.07) is 15.9. The fourth-order valence-corrected chi connectivity index (χ4v) is 2.07. The minimum Gasteiger partial charge on any atom is -0.389 e. The molecule has 3 aromatic rings. The van der Waals surface area contributed by atoms with Gasteiger partial charge in [-0.25, -0.2) is 4.68 Å². The molecule has 3 rings (SSSR count). The maximum absolute atomic E-state index is 9.49. The van der Waals surface area contributed by atoms with Crippen LogP contribution in [0.4, 0.5) is 0 Å². The van der Waals surface area contributed by atoms with E-state index in [0.717, 1.165) is 22.2 Å². The van der Waals surface area contributed by atoms with Crippen LogP contribution >= 0.6 is 0 Å². The summed E-state index contributed by atoms with van der Waals surface area (Å²) in [5.74, 6) is 0. The van der Waals surface area contributed by atoms with Crippen molar-refractivity contribution in [1.82, 2.24) is 9.78 Å². The van der Waals surface area contributed by atoms with Gasteiger partial charge >= 0.3 is 0 Å². The lowest BCUT2D eigenvalue weighted by atomic mass is 10.1. The van der Waals surface area contributed by atoms with Gasteiger partial charge in [-0.15, -0.1) is 0 Å². The lowest BCUT2D eigenvalue weighted by molar-refractivity contribution is 0.199. The van der Waals surface area contributed by atoms with Crippen LogP contribution in [0.25, 0.3) is 16.6 Å². The molecule has 0 spiro atoms. The van der Waals surface area contributed by atoms with Crippen molar-refractivity contribution >= 4 is 10.9 Å². The number of hydrogen-bond acceptors (Lipinski definition) is 2. The molecular formula is C15H14N2O. The van der Waals surface area contributed by atoms with E-state index < -0.39 is 6.10 Å². The molecule has 0 aliphatic carbocycles. The minimum atomic E-state index is -0.437. The SMILES string of the molecule is C[C@H](O)c1ccc(-n2ncc3ccccc32)cc1. The standard InChI is InChI=1S/C15H14N2O/c1-11(18)12-6-8-14(9-7-12)17-15-5-3-2-4-13(15)10-16-17/h2-11,18H,1H3/t11-/m0/s1. The first kappa shape index (κ1) is 11.0. The molecule has 2 aromatic carbocycles. The molecule has 1 aromatic heterocycles. The van der Waals surface area contributed by atoms with E-state index in [1.54, 1.807) is 6.92 Å². The molecule has 0 fully saturated rings. The Kier molecular flexibility index (Phi) is 2.61. The number of rotatable bonds is 2. The van der Waals surface area contributed by atoms with Gasteiger partial charge in [-0.3, -0.25) is 0 Å². The Morgan fingerprint density at radius 1 is 1.06 bits per heavy atom. The fraction of sp³-hybridized carbons (Fsp3) is 0.133. The minimum absolute atomic E-state index is 0.437. The summed E-state index contributed by atoms with van der Waals surface area (Å²) in [5, 5.41) is 15.0. The van der Waals surface area contributed by atoms with Gasteiger partial charge in [0.2, 0.25) is 0 Å². The van der Waals surface area contributed by atoms with Crippen LogP contribution in [0, 0.1) is 0 Å². The number of hydrogen-bond donors (Lipinski definition) is 1. The number of fused-ring (bicyclic) bond motifs is 1. The van der Waals surface area contributed by atoms with Crippen LogP contribution in [0.2, 0.25) is 0 Å². The first-order valence-corrected chi connectivity index (χ1v) is 5.97. The zero-order chi connectivity index (χ0) is 12.5. The molecule has 1 N–H and O–H groups in total. The maximum atomic E-state index is 9.49. The van der Waals surface area contributed by atoms with E-state index in [9.17, 15) is 5.11 Å². The molecule has 0 radical (unpaired) electrons. The number of nitrogens with zero attached hydrogens (tertiary/aromatic N) is 2. The molecule has 0 saturated carbocycles. The van der Waals surface area contributed by atoms with E-state index in [2.05, 4.69) is 5.10 Å². The second-order valence-corrected chi connectivity index (χ2v) is 4.38. The molecule has 0 amide bonds. The first-order chi connectivity index (χ1) is 8.75. The third kappa shape index (κ3) is 1.79. The largest absolute Gasteiger partial charge is 0.389 e. The summed E-state index contributed by atoms with van der Waals surface area (Å²) in [6.07, 6.45) is 1.42. The highest BCUT2D eigenvalue weighted by molar-refractivity contribution is 5.80. The highest BCUT2D eigenvalue weighted by Gasteiger charge is 2.05. The van der Waals surface area contributed by atoms with E-state index in [1.807, 2.05) is 59.4 Å². The Bertz CT molecular complexity index is 668. The van der Waals surface area contributed by atoms with Crippen molar-refractivity contribution in [2.75, 3.05) is 0 Å². The van der Waals surface area contributed by atoms with Crippen molar-refractivity contribution in [1.29, 1.82) is 0 Å². The molecular weight excluding hydrogens is 224 g/mol. The van der Waals surface area contributed by atoms with Crippen molar-refractivity contribution in [3.05, 3.63) is 60.3 Å². The van der Waals surface area contributed by atoms with Gasteiger partial charge in [0, 0.05) is 5.39 Å². The van der Waals surface area contributed by atoms with E-state index in [-0.39, 0.29) is 0 Å². The highest BCUT2D eigenvalue weighted by atomic mass is 16.3. The molecule has 0 bridgehead atoms. The van der Waals surface area contributed by atoms with E-state index >= 15 is 0 Å². The quantitative estimate of drug-likeness (QED) is 0.745. The summed E-state index contributed by atoms with van der Waals surface area (Å²) in [7, 11) is 0. The Hall–Kier alpha value is -2.13. The van der Waals surface area contributed by atoms with Crippen molar-refractivity contribution in [3.63, 3.8) is 0 Å². The van der Waals surface area contributed by atoms with Crippen LogP contribution in [0.3, 0.4) is 0 Å². The van der Waals surface area contributed by atoms with Gasteiger partial charge in [0.05, 0.1) is 23.5 Å². The van der Waals surface area contributed by atoms with Gasteiger partial charge in [0.1, 0.15) is 0 Å². The van der Waals surface area contributed by atoms with Crippen LogP contribution in [0.1, 0.15) is 18.6 Å². The zero-order valence-corrected chi connectivity index (χ0v) is 10.1. The Morgan fingerprint density at radius 3 is 2.50 bits per heavy atom. The predicted molar refractivity (Wildman–Crippen MR) is 71.7 cm³/mol. The van der Waals surface area contributed by atoms with Gasteiger partial charge in [-0.05, 0) is 30.7 Å². The Balaban J connectivity index is 2.09. The number of aromatic nitrogens is 2. The van der Waals surface area contributed by atoms with Crippen LogP contribution in [0.5, 0.6) is 0 Å². The van der Waals surface area contributed by atoms with Gasteiger partial charge in [0.15, 0.2) is 0 Å². The molecule has 0 saturated heterocycles. The topological polar surface area (TPSA) is 38.0 Å². The zero-order valence-electron chi connectivity index (χ0n) is 10.1. The average molecular weight is 238 g/mol. The van der Waals surface area contributed by atoms with Crippen molar-refractivity contribution in [3.8, 4) is 5.69 Å². The van der Waals surface area contributed by atoms with Crippen LogP contribution in [-0.4, -0.2) is 14.9 Å². The second kappa shape index (κ2) is 4.27. The van der Waals surface area contributed by atoms with Gasteiger partial charge in [0.25, 0.3) is 0 Å². The summed E-state index contributed by atoms with van der Waals surface area (Å²) in [4.78, 5) is 0. The second-order valence-electron chi connectivity index (χ2n) is 4.38. The smallest absolute Gasteiger partial charge is 0.0761 e. The maximum Gasteiger partial charge on any atom is 0.0761 e. The number of aliphatic hydroxyl groups excluding tert-OH is 1. The molecule has 18 heavy (non-hydrogen) atoms. The monoisotopic (exact) mass is 238 g/mol. The summed E-state index contributed by atoms with van der Waals surface area (Å²) in [6.45, 7) is 1.76. The third-order valence-corrected chi connectivity index (χ3v) is 3.10. The van der Waals surface area contributed by atoms with Crippen LogP contribution in [-0.2, 0) is 0 Å². The van der Waals surface area contributed by atoms with Gasteiger partial charge < -0.3 is 5.11 Å².